The third-order valence-corrected chi connectivity index (χ3v) is 3.64. The first kappa shape index (κ1) is 19.5. The highest BCUT2D eigenvalue weighted by molar-refractivity contribution is 6.30. The van der Waals surface area contributed by atoms with Gasteiger partial charge < -0.3 is 14.2 Å². The molecule has 0 aliphatic heterocycles. The molecular formula is C20H18ClNO4. The lowest BCUT2D eigenvalue weighted by atomic mass is 10.1. The van der Waals surface area contributed by atoms with Gasteiger partial charge in [0.15, 0.2) is 0 Å². The zero-order valence-electron chi connectivity index (χ0n) is 14.3. The quantitative estimate of drug-likeness (QED) is 0.303. The highest BCUT2D eigenvalue weighted by atomic mass is 35.5. The van der Waals surface area contributed by atoms with Crippen molar-refractivity contribution in [3.8, 4) is 11.8 Å². The molecule has 5 nitrogen and oxygen atoms in total. The minimum Gasteiger partial charge on any atom is -0.488 e. The number of hydrogen-bond acceptors (Lipinski definition) is 5. The molecule has 0 atom stereocenters. The van der Waals surface area contributed by atoms with Crippen LogP contribution in [0.3, 0.4) is 0 Å². The molecule has 0 fully saturated rings. The minimum atomic E-state index is -0.697. The molecule has 0 amide bonds. The zero-order chi connectivity index (χ0) is 18.8. The van der Waals surface area contributed by atoms with Crippen molar-refractivity contribution < 1.29 is 19.0 Å². The number of rotatable bonds is 8. The van der Waals surface area contributed by atoms with Gasteiger partial charge >= 0.3 is 5.97 Å². The van der Waals surface area contributed by atoms with Crippen molar-refractivity contribution in [1.82, 2.24) is 0 Å². The van der Waals surface area contributed by atoms with Crippen LogP contribution in [0.25, 0.3) is 6.08 Å². The number of methoxy groups -OCH3 is 1. The molecule has 0 saturated carbocycles. The van der Waals surface area contributed by atoms with E-state index in [4.69, 9.17) is 25.8 Å². The second-order valence-electron chi connectivity index (χ2n) is 5.25. The Morgan fingerprint density at radius 3 is 2.58 bits per heavy atom. The Balaban J connectivity index is 2.12. The van der Waals surface area contributed by atoms with Crippen LogP contribution in [-0.4, -0.2) is 26.3 Å². The van der Waals surface area contributed by atoms with E-state index in [2.05, 4.69) is 0 Å². The maximum Gasteiger partial charge on any atom is 0.348 e. The van der Waals surface area contributed by atoms with E-state index in [0.29, 0.717) is 22.9 Å². The van der Waals surface area contributed by atoms with Crippen LogP contribution < -0.4 is 4.74 Å². The zero-order valence-corrected chi connectivity index (χ0v) is 15.0. The van der Waals surface area contributed by atoms with Gasteiger partial charge in [0.05, 0.1) is 6.61 Å². The Kier molecular flexibility index (Phi) is 7.69. The summed E-state index contributed by atoms with van der Waals surface area (Å²) in [5.41, 5.74) is 1.46. The van der Waals surface area contributed by atoms with E-state index in [-0.39, 0.29) is 18.8 Å². The molecule has 0 spiro atoms. The normalized spacial score (nSPS) is 10.9. The number of carbonyl (C=O) groups is 1. The van der Waals surface area contributed by atoms with Crippen LogP contribution in [0.4, 0.5) is 0 Å². The summed E-state index contributed by atoms with van der Waals surface area (Å²) in [6.45, 7) is 0.691. The Morgan fingerprint density at radius 1 is 1.15 bits per heavy atom. The average Bonchev–Trinajstić information content (AvgIpc) is 2.66. The van der Waals surface area contributed by atoms with E-state index in [0.717, 1.165) is 5.56 Å². The van der Waals surface area contributed by atoms with Crippen LogP contribution >= 0.6 is 11.6 Å². The Morgan fingerprint density at radius 2 is 1.88 bits per heavy atom. The predicted molar refractivity (Wildman–Crippen MR) is 98.7 cm³/mol. The van der Waals surface area contributed by atoms with Crippen molar-refractivity contribution in [2.24, 2.45) is 0 Å². The summed E-state index contributed by atoms with van der Waals surface area (Å²) in [4.78, 5) is 12.0. The molecule has 2 rings (SSSR count). The molecule has 2 aromatic carbocycles. The van der Waals surface area contributed by atoms with Gasteiger partial charge in [0.2, 0.25) is 0 Å². The summed E-state index contributed by atoms with van der Waals surface area (Å²) >= 11 is 5.87. The number of nitrogens with zero attached hydrogens (tertiary/aromatic N) is 1. The lowest BCUT2D eigenvalue weighted by Crippen LogP contribution is -2.11. The standard InChI is InChI=1S/C20H18ClNO4/c1-24-10-11-25-20(23)17(13-22)12-16-4-2-3-5-19(16)26-14-15-6-8-18(21)9-7-15/h2-9,12H,10-11,14H2,1H3. The minimum absolute atomic E-state index is 0.0864. The molecule has 0 unspecified atom stereocenters. The van der Waals surface area contributed by atoms with Gasteiger partial charge in [-0.3, -0.25) is 0 Å². The highest BCUT2D eigenvalue weighted by Gasteiger charge is 2.12. The van der Waals surface area contributed by atoms with Crippen molar-refractivity contribution >= 4 is 23.6 Å². The van der Waals surface area contributed by atoms with Gasteiger partial charge in [-0.2, -0.15) is 5.26 Å². The molecule has 0 radical (unpaired) electrons. The molecular weight excluding hydrogens is 354 g/mol. The second kappa shape index (κ2) is 10.2. The summed E-state index contributed by atoms with van der Waals surface area (Å²) < 4.78 is 15.6. The lowest BCUT2D eigenvalue weighted by molar-refractivity contribution is -0.139. The summed E-state index contributed by atoms with van der Waals surface area (Å²) in [6.07, 6.45) is 1.45. The second-order valence-corrected chi connectivity index (χ2v) is 5.69. The molecule has 0 bridgehead atoms. The first-order valence-corrected chi connectivity index (χ1v) is 8.26. The molecule has 6 heteroatoms. The van der Waals surface area contributed by atoms with Crippen molar-refractivity contribution in [3.05, 3.63) is 70.3 Å². The molecule has 0 aromatic heterocycles. The first-order valence-electron chi connectivity index (χ1n) is 7.88. The van der Waals surface area contributed by atoms with Crippen LogP contribution in [0, 0.1) is 11.3 Å². The van der Waals surface area contributed by atoms with Crippen molar-refractivity contribution in [2.45, 2.75) is 6.61 Å². The summed E-state index contributed by atoms with van der Waals surface area (Å²) in [5, 5.41) is 9.89. The Bertz CT molecular complexity index is 809. The van der Waals surface area contributed by atoms with Gasteiger partial charge in [0, 0.05) is 17.7 Å². The topological polar surface area (TPSA) is 68.5 Å². The SMILES string of the molecule is COCCOC(=O)C(C#N)=Cc1ccccc1OCc1ccc(Cl)cc1. The number of benzene rings is 2. The fourth-order valence-corrected chi connectivity index (χ4v) is 2.19. The van der Waals surface area contributed by atoms with E-state index in [1.165, 1.54) is 13.2 Å². The Labute approximate surface area is 157 Å². The maximum absolute atomic E-state index is 12.0. The third kappa shape index (κ3) is 5.92. The predicted octanol–water partition coefficient (Wildman–Crippen LogP) is 4.02. The fourth-order valence-electron chi connectivity index (χ4n) is 2.06. The van der Waals surface area contributed by atoms with E-state index < -0.39 is 5.97 Å². The van der Waals surface area contributed by atoms with Crippen molar-refractivity contribution in [2.75, 3.05) is 20.3 Å². The number of nitriles is 1. The van der Waals surface area contributed by atoms with Crippen LogP contribution in [0.2, 0.25) is 5.02 Å². The maximum atomic E-state index is 12.0. The smallest absolute Gasteiger partial charge is 0.348 e. The van der Waals surface area contributed by atoms with Gasteiger partial charge in [0.1, 0.15) is 30.6 Å². The fraction of sp³-hybridized carbons (Fsp3) is 0.200. The number of halogens is 1. The number of ether oxygens (including phenoxy) is 3. The van der Waals surface area contributed by atoms with E-state index in [9.17, 15) is 10.1 Å². The largest absolute Gasteiger partial charge is 0.488 e. The van der Waals surface area contributed by atoms with Gasteiger partial charge in [-0.05, 0) is 29.8 Å². The molecule has 0 aliphatic rings. The number of carbonyl (C=O) groups excluding carboxylic acids is 1. The highest BCUT2D eigenvalue weighted by Crippen LogP contribution is 2.23. The average molecular weight is 372 g/mol. The molecule has 0 N–H and O–H groups in total. The molecule has 2 aromatic rings. The lowest BCUT2D eigenvalue weighted by Gasteiger charge is -2.10. The van der Waals surface area contributed by atoms with Crippen molar-refractivity contribution in [1.29, 1.82) is 5.26 Å². The molecule has 0 heterocycles. The number of para-hydroxylation sites is 1. The summed E-state index contributed by atoms with van der Waals surface area (Å²) in [5.74, 6) is -0.142. The van der Waals surface area contributed by atoms with E-state index >= 15 is 0 Å². The van der Waals surface area contributed by atoms with Crippen LogP contribution in [0.5, 0.6) is 5.75 Å². The van der Waals surface area contributed by atoms with E-state index in [1.54, 1.807) is 30.3 Å². The molecule has 0 saturated heterocycles. The molecule has 26 heavy (non-hydrogen) atoms. The van der Waals surface area contributed by atoms with Gasteiger partial charge in [-0.25, -0.2) is 4.79 Å². The third-order valence-electron chi connectivity index (χ3n) is 3.39. The first-order chi connectivity index (χ1) is 12.6. The van der Waals surface area contributed by atoms with Gasteiger partial charge in [0.25, 0.3) is 0 Å². The van der Waals surface area contributed by atoms with Crippen LogP contribution in [0.15, 0.2) is 54.1 Å². The molecule has 134 valence electrons. The van der Waals surface area contributed by atoms with E-state index in [1.807, 2.05) is 24.3 Å². The van der Waals surface area contributed by atoms with Crippen LogP contribution in [0.1, 0.15) is 11.1 Å². The Hall–Kier alpha value is -2.81. The van der Waals surface area contributed by atoms with Crippen molar-refractivity contribution in [3.63, 3.8) is 0 Å². The van der Waals surface area contributed by atoms with Gasteiger partial charge in [-0.1, -0.05) is 41.9 Å². The number of esters is 1. The number of hydrogen-bond donors (Lipinski definition) is 0. The summed E-state index contributed by atoms with van der Waals surface area (Å²) in [7, 11) is 1.50. The molecule has 0 aliphatic carbocycles. The van der Waals surface area contributed by atoms with Crippen LogP contribution in [-0.2, 0) is 20.9 Å². The van der Waals surface area contributed by atoms with Gasteiger partial charge in [-0.15, -0.1) is 0 Å². The summed E-state index contributed by atoms with van der Waals surface area (Å²) in [6, 6.07) is 16.3. The monoisotopic (exact) mass is 371 g/mol.